The molecule has 5 nitrogen and oxygen atoms in total. The molecule has 0 spiro atoms. The molecule has 130 valence electrons. The minimum Gasteiger partial charge on any atom is -0.370 e. The lowest BCUT2D eigenvalue weighted by atomic mass is 9.97. The molecule has 1 saturated heterocycles. The number of pyridine rings is 1. The van der Waals surface area contributed by atoms with Gasteiger partial charge in [-0.05, 0) is 61.1 Å². The first kappa shape index (κ1) is 17.1. The van der Waals surface area contributed by atoms with E-state index in [-0.39, 0.29) is 24.3 Å². The van der Waals surface area contributed by atoms with Crippen molar-refractivity contribution in [2.24, 2.45) is 5.73 Å². The number of hydrogen-bond donors (Lipinski definition) is 1. The molecular weight excluding hydrogens is 314 g/mol. The number of amides is 2. The standard InChI is InChI=1S/C20H23N3O2/c1-14-13-22-10-9-18(14)15-5-7-16(8-6-15)20(25)23-11-3-2-4-17(23)12-19(21)24/h5-10,13,17H,2-4,11-12H2,1H3,(H2,21,24)/t17-/m0/s1. The summed E-state index contributed by atoms with van der Waals surface area (Å²) in [5.41, 5.74) is 9.25. The molecule has 0 radical (unpaired) electrons. The zero-order chi connectivity index (χ0) is 17.8. The quantitative estimate of drug-likeness (QED) is 0.932. The number of nitrogens with zero attached hydrogens (tertiary/aromatic N) is 2. The topological polar surface area (TPSA) is 76.3 Å². The van der Waals surface area contributed by atoms with Crippen LogP contribution in [0.4, 0.5) is 0 Å². The van der Waals surface area contributed by atoms with E-state index in [1.807, 2.05) is 43.5 Å². The molecular formula is C20H23N3O2. The Hall–Kier alpha value is -2.69. The summed E-state index contributed by atoms with van der Waals surface area (Å²) in [4.78, 5) is 30.1. The van der Waals surface area contributed by atoms with Crippen LogP contribution in [0.15, 0.2) is 42.7 Å². The first-order chi connectivity index (χ1) is 12.1. The van der Waals surface area contributed by atoms with Crippen molar-refractivity contribution in [2.45, 2.75) is 38.6 Å². The number of rotatable bonds is 4. The Morgan fingerprint density at radius 3 is 2.64 bits per heavy atom. The van der Waals surface area contributed by atoms with Crippen LogP contribution < -0.4 is 5.73 Å². The molecule has 0 unspecified atom stereocenters. The van der Waals surface area contributed by atoms with Crippen molar-refractivity contribution < 1.29 is 9.59 Å². The maximum absolute atomic E-state index is 12.9. The van der Waals surface area contributed by atoms with Gasteiger partial charge in [0.15, 0.2) is 0 Å². The Kier molecular flexibility index (Phi) is 5.12. The Bertz CT molecular complexity index is 771. The summed E-state index contributed by atoms with van der Waals surface area (Å²) >= 11 is 0. The summed E-state index contributed by atoms with van der Waals surface area (Å²) in [6.07, 6.45) is 6.67. The highest BCUT2D eigenvalue weighted by molar-refractivity contribution is 5.95. The van der Waals surface area contributed by atoms with Crippen LogP contribution in [0, 0.1) is 6.92 Å². The third-order valence-electron chi connectivity index (χ3n) is 4.79. The SMILES string of the molecule is Cc1cnccc1-c1ccc(C(=O)N2CCCC[C@H]2CC(N)=O)cc1. The first-order valence-corrected chi connectivity index (χ1v) is 8.66. The van der Waals surface area contributed by atoms with Crippen LogP contribution in [0.5, 0.6) is 0 Å². The van der Waals surface area contributed by atoms with Crippen LogP contribution in [-0.2, 0) is 4.79 Å². The van der Waals surface area contributed by atoms with Gasteiger partial charge in [-0.3, -0.25) is 14.6 Å². The van der Waals surface area contributed by atoms with Crippen LogP contribution in [0.25, 0.3) is 11.1 Å². The Labute approximate surface area is 147 Å². The van der Waals surface area contributed by atoms with Crippen molar-refractivity contribution in [2.75, 3.05) is 6.54 Å². The minimum absolute atomic E-state index is 0.0241. The fourth-order valence-corrected chi connectivity index (χ4v) is 3.47. The average Bonchev–Trinajstić information content (AvgIpc) is 2.62. The van der Waals surface area contributed by atoms with Gasteiger partial charge in [-0.25, -0.2) is 0 Å². The predicted octanol–water partition coefficient (Wildman–Crippen LogP) is 2.93. The third-order valence-corrected chi connectivity index (χ3v) is 4.79. The smallest absolute Gasteiger partial charge is 0.254 e. The van der Waals surface area contributed by atoms with E-state index in [0.29, 0.717) is 12.1 Å². The molecule has 25 heavy (non-hydrogen) atoms. The van der Waals surface area contributed by atoms with Gasteiger partial charge in [-0.1, -0.05) is 12.1 Å². The largest absolute Gasteiger partial charge is 0.370 e. The second kappa shape index (κ2) is 7.47. The van der Waals surface area contributed by atoms with E-state index < -0.39 is 0 Å². The van der Waals surface area contributed by atoms with E-state index in [2.05, 4.69) is 4.98 Å². The van der Waals surface area contributed by atoms with Crippen LogP contribution >= 0.6 is 0 Å². The maximum atomic E-state index is 12.9. The number of aryl methyl sites for hydroxylation is 1. The number of carbonyl (C=O) groups is 2. The molecule has 0 aliphatic carbocycles. The third kappa shape index (κ3) is 3.87. The van der Waals surface area contributed by atoms with E-state index in [0.717, 1.165) is 36.0 Å². The van der Waals surface area contributed by atoms with Crippen molar-refractivity contribution >= 4 is 11.8 Å². The van der Waals surface area contributed by atoms with Crippen molar-refractivity contribution in [3.63, 3.8) is 0 Å². The summed E-state index contributed by atoms with van der Waals surface area (Å²) in [7, 11) is 0. The predicted molar refractivity (Wildman–Crippen MR) is 96.9 cm³/mol. The molecule has 1 aliphatic heterocycles. The van der Waals surface area contributed by atoms with Gasteiger partial charge in [0.1, 0.15) is 0 Å². The Morgan fingerprint density at radius 1 is 1.20 bits per heavy atom. The molecule has 1 aliphatic rings. The monoisotopic (exact) mass is 337 g/mol. The zero-order valence-corrected chi connectivity index (χ0v) is 14.4. The highest BCUT2D eigenvalue weighted by atomic mass is 16.2. The normalized spacial score (nSPS) is 17.3. The molecule has 0 bridgehead atoms. The van der Waals surface area contributed by atoms with E-state index in [1.165, 1.54) is 0 Å². The van der Waals surface area contributed by atoms with Gasteiger partial charge in [0.05, 0.1) is 0 Å². The van der Waals surface area contributed by atoms with Gasteiger partial charge in [0, 0.05) is 37.0 Å². The molecule has 2 amide bonds. The zero-order valence-electron chi connectivity index (χ0n) is 14.4. The van der Waals surface area contributed by atoms with Gasteiger partial charge in [-0.15, -0.1) is 0 Å². The molecule has 1 fully saturated rings. The lowest BCUT2D eigenvalue weighted by Crippen LogP contribution is -2.45. The lowest BCUT2D eigenvalue weighted by Gasteiger charge is -2.35. The summed E-state index contributed by atoms with van der Waals surface area (Å²) in [6, 6.07) is 9.52. The lowest BCUT2D eigenvalue weighted by molar-refractivity contribution is -0.119. The average molecular weight is 337 g/mol. The van der Waals surface area contributed by atoms with E-state index in [4.69, 9.17) is 5.73 Å². The van der Waals surface area contributed by atoms with Crippen LogP contribution in [0.2, 0.25) is 0 Å². The van der Waals surface area contributed by atoms with E-state index in [9.17, 15) is 9.59 Å². The highest BCUT2D eigenvalue weighted by Gasteiger charge is 2.28. The highest BCUT2D eigenvalue weighted by Crippen LogP contribution is 2.25. The number of aromatic nitrogens is 1. The minimum atomic E-state index is -0.354. The number of piperidine rings is 1. The van der Waals surface area contributed by atoms with Crippen molar-refractivity contribution in [3.8, 4) is 11.1 Å². The van der Waals surface area contributed by atoms with Crippen LogP contribution in [0.3, 0.4) is 0 Å². The van der Waals surface area contributed by atoms with Crippen LogP contribution in [-0.4, -0.2) is 34.3 Å². The molecule has 2 heterocycles. The van der Waals surface area contributed by atoms with Gasteiger partial charge in [0.2, 0.25) is 5.91 Å². The molecule has 3 rings (SSSR count). The summed E-state index contributed by atoms with van der Waals surface area (Å²) in [6.45, 7) is 2.70. The summed E-state index contributed by atoms with van der Waals surface area (Å²) < 4.78 is 0. The number of nitrogens with two attached hydrogens (primary N) is 1. The second-order valence-corrected chi connectivity index (χ2v) is 6.59. The van der Waals surface area contributed by atoms with Crippen molar-refractivity contribution in [3.05, 3.63) is 53.9 Å². The van der Waals surface area contributed by atoms with Gasteiger partial charge in [-0.2, -0.15) is 0 Å². The number of primary amides is 1. The fraction of sp³-hybridized carbons (Fsp3) is 0.350. The molecule has 1 atom stereocenters. The number of hydrogen-bond acceptors (Lipinski definition) is 3. The van der Waals surface area contributed by atoms with Gasteiger partial charge < -0.3 is 10.6 Å². The van der Waals surface area contributed by atoms with E-state index in [1.54, 1.807) is 11.1 Å². The van der Waals surface area contributed by atoms with Gasteiger partial charge in [0.25, 0.3) is 5.91 Å². The summed E-state index contributed by atoms with van der Waals surface area (Å²) in [5.74, 6) is -0.378. The fourth-order valence-electron chi connectivity index (χ4n) is 3.47. The van der Waals surface area contributed by atoms with Crippen molar-refractivity contribution in [1.82, 2.24) is 9.88 Å². The van der Waals surface area contributed by atoms with E-state index >= 15 is 0 Å². The molecule has 1 aromatic carbocycles. The molecule has 5 heteroatoms. The number of likely N-dealkylation sites (tertiary alicyclic amines) is 1. The Morgan fingerprint density at radius 2 is 1.96 bits per heavy atom. The number of carbonyl (C=O) groups excluding carboxylic acids is 2. The van der Waals surface area contributed by atoms with Crippen LogP contribution in [0.1, 0.15) is 41.6 Å². The molecule has 0 saturated carbocycles. The maximum Gasteiger partial charge on any atom is 0.254 e. The molecule has 1 aromatic heterocycles. The van der Waals surface area contributed by atoms with Gasteiger partial charge >= 0.3 is 0 Å². The van der Waals surface area contributed by atoms with Crippen molar-refractivity contribution in [1.29, 1.82) is 0 Å². The molecule has 2 N–H and O–H groups in total. The second-order valence-electron chi connectivity index (χ2n) is 6.59. The Balaban J connectivity index is 1.80. The summed E-state index contributed by atoms with van der Waals surface area (Å²) in [5, 5.41) is 0. The number of benzene rings is 1. The first-order valence-electron chi connectivity index (χ1n) is 8.66. The molecule has 2 aromatic rings.